The summed E-state index contributed by atoms with van der Waals surface area (Å²) in [6, 6.07) is -0.858. The van der Waals surface area contributed by atoms with Gasteiger partial charge in [-0.15, -0.1) is 6.42 Å². The number of rotatable bonds is 4. The minimum atomic E-state index is -1.04. The molecule has 0 aliphatic rings. The summed E-state index contributed by atoms with van der Waals surface area (Å²) >= 11 is 0. The summed E-state index contributed by atoms with van der Waals surface area (Å²) in [4.78, 5) is 22.8. The molecule has 0 aromatic heterocycles. The molecular weight excluding hydrogens is 170 g/mol. The fraction of sp³-hybridized carbons (Fsp3) is 0.556. The summed E-state index contributed by atoms with van der Waals surface area (Å²) in [6.07, 6.45) is 5.59. The molecule has 0 saturated carbocycles. The molecule has 72 valence electrons. The van der Waals surface area contributed by atoms with Crippen LogP contribution >= 0.6 is 0 Å². The second kappa shape index (κ2) is 5.20. The average Bonchev–Trinajstić information content (AvgIpc) is 2.11. The van der Waals surface area contributed by atoms with Crippen LogP contribution in [-0.2, 0) is 9.59 Å². The Bertz CT molecular complexity index is 242. The van der Waals surface area contributed by atoms with Crippen LogP contribution in [0.5, 0.6) is 0 Å². The number of hydrogen-bond donors (Lipinski definition) is 1. The van der Waals surface area contributed by atoms with E-state index in [2.05, 4.69) is 0 Å². The number of carbonyl (C=O) groups is 2. The van der Waals surface area contributed by atoms with Crippen LogP contribution in [0.4, 0.5) is 0 Å². The summed E-state index contributed by atoms with van der Waals surface area (Å²) < 4.78 is 0. The molecule has 0 heterocycles. The zero-order chi connectivity index (χ0) is 10.4. The Labute approximate surface area is 77.5 Å². The van der Waals surface area contributed by atoms with Crippen LogP contribution in [0.15, 0.2) is 0 Å². The fourth-order valence-electron chi connectivity index (χ4n) is 0.928. The number of carbonyl (C=O) groups excluding carboxylic acids is 1. The molecule has 4 nitrogen and oxygen atoms in total. The molecule has 0 bridgehead atoms. The Morgan fingerprint density at radius 1 is 1.62 bits per heavy atom. The highest BCUT2D eigenvalue weighted by Gasteiger charge is 2.23. The van der Waals surface area contributed by atoms with E-state index >= 15 is 0 Å². The number of amides is 1. The lowest BCUT2D eigenvalue weighted by Gasteiger charge is -2.23. The third-order valence-electron chi connectivity index (χ3n) is 1.67. The third-order valence-corrected chi connectivity index (χ3v) is 1.67. The highest BCUT2D eigenvalue weighted by atomic mass is 16.4. The topological polar surface area (TPSA) is 57.6 Å². The third kappa shape index (κ3) is 3.16. The molecule has 1 amide bonds. The molecule has 1 atom stereocenters. The van der Waals surface area contributed by atoms with Gasteiger partial charge in [0.25, 0.3) is 5.91 Å². The normalized spacial score (nSPS) is 11.5. The van der Waals surface area contributed by atoms with Crippen LogP contribution in [0.25, 0.3) is 0 Å². The van der Waals surface area contributed by atoms with Crippen molar-refractivity contribution in [1.82, 2.24) is 4.90 Å². The Morgan fingerprint density at radius 2 is 2.15 bits per heavy atom. The van der Waals surface area contributed by atoms with Crippen molar-refractivity contribution in [3.63, 3.8) is 0 Å². The second-order valence-corrected chi connectivity index (χ2v) is 2.66. The average molecular weight is 183 g/mol. The number of hydrogen-bond acceptors (Lipinski definition) is 2. The molecule has 1 unspecified atom stereocenters. The molecule has 4 heteroatoms. The van der Waals surface area contributed by atoms with Gasteiger partial charge in [0, 0.05) is 6.54 Å². The van der Waals surface area contributed by atoms with Crippen molar-refractivity contribution in [2.45, 2.75) is 26.3 Å². The Morgan fingerprint density at radius 3 is 2.46 bits per heavy atom. The largest absolute Gasteiger partial charge is 0.480 e. The van der Waals surface area contributed by atoms with E-state index in [1.165, 1.54) is 11.8 Å². The van der Waals surface area contributed by atoms with E-state index in [4.69, 9.17) is 11.5 Å². The van der Waals surface area contributed by atoms with Crippen LogP contribution in [0, 0.1) is 12.3 Å². The van der Waals surface area contributed by atoms with Crippen molar-refractivity contribution in [1.29, 1.82) is 0 Å². The number of carboxylic acids is 1. The molecule has 0 aliphatic heterocycles. The first-order valence-electron chi connectivity index (χ1n) is 4.04. The van der Waals surface area contributed by atoms with Crippen LogP contribution < -0.4 is 0 Å². The number of carboxylic acid groups (broad SMARTS) is 1. The fourth-order valence-corrected chi connectivity index (χ4v) is 0.928. The lowest BCUT2D eigenvalue weighted by molar-refractivity contribution is -0.147. The van der Waals surface area contributed by atoms with Gasteiger partial charge in [-0.3, -0.25) is 4.79 Å². The highest BCUT2D eigenvalue weighted by molar-refractivity contribution is 5.95. The summed E-state index contributed by atoms with van der Waals surface area (Å²) in [6.45, 7) is 3.66. The Hall–Kier alpha value is -1.50. The van der Waals surface area contributed by atoms with E-state index in [-0.39, 0.29) is 0 Å². The minimum absolute atomic E-state index is 0.372. The van der Waals surface area contributed by atoms with Gasteiger partial charge in [-0.05, 0) is 19.3 Å². The molecule has 0 rings (SSSR count). The highest BCUT2D eigenvalue weighted by Crippen LogP contribution is 2.01. The van der Waals surface area contributed by atoms with E-state index in [9.17, 15) is 9.59 Å². The van der Waals surface area contributed by atoms with Crippen LogP contribution in [0.2, 0.25) is 0 Å². The van der Waals surface area contributed by atoms with Crippen molar-refractivity contribution in [3.05, 3.63) is 0 Å². The molecule has 0 radical (unpaired) electrons. The minimum Gasteiger partial charge on any atom is -0.480 e. The van der Waals surface area contributed by atoms with Gasteiger partial charge in [0.2, 0.25) is 0 Å². The maximum atomic E-state index is 11.1. The predicted octanol–water partition coefficient (Wildman–Crippen LogP) is 0.331. The van der Waals surface area contributed by atoms with Gasteiger partial charge in [-0.25, -0.2) is 4.79 Å². The van der Waals surface area contributed by atoms with E-state index < -0.39 is 17.9 Å². The van der Waals surface area contributed by atoms with Gasteiger partial charge in [0.15, 0.2) is 0 Å². The van der Waals surface area contributed by atoms with Gasteiger partial charge in [0.05, 0.1) is 0 Å². The number of aliphatic carboxylic acids is 1. The van der Waals surface area contributed by atoms with E-state index in [0.717, 1.165) is 0 Å². The second-order valence-electron chi connectivity index (χ2n) is 2.66. The van der Waals surface area contributed by atoms with Crippen molar-refractivity contribution in [2.24, 2.45) is 0 Å². The smallest absolute Gasteiger partial charge is 0.326 e. The van der Waals surface area contributed by atoms with Gasteiger partial charge < -0.3 is 10.0 Å². The maximum Gasteiger partial charge on any atom is 0.326 e. The van der Waals surface area contributed by atoms with Gasteiger partial charge in [-0.2, -0.15) is 0 Å². The van der Waals surface area contributed by atoms with Crippen LogP contribution in [0.1, 0.15) is 20.3 Å². The van der Waals surface area contributed by atoms with Crippen molar-refractivity contribution in [3.8, 4) is 12.3 Å². The number of nitrogens with zero attached hydrogens (tertiary/aromatic N) is 1. The first kappa shape index (κ1) is 11.5. The number of terminal acetylenes is 1. The van der Waals surface area contributed by atoms with Crippen molar-refractivity contribution >= 4 is 11.9 Å². The molecular formula is C9H13NO3. The Balaban J connectivity index is 4.52. The first-order valence-corrected chi connectivity index (χ1v) is 4.04. The Kier molecular flexibility index (Phi) is 4.60. The molecule has 13 heavy (non-hydrogen) atoms. The van der Waals surface area contributed by atoms with Gasteiger partial charge in [0.1, 0.15) is 6.04 Å². The van der Waals surface area contributed by atoms with Crippen LogP contribution in [0.3, 0.4) is 0 Å². The molecule has 0 aromatic rings. The van der Waals surface area contributed by atoms with Crippen LogP contribution in [-0.4, -0.2) is 34.5 Å². The lowest BCUT2D eigenvalue weighted by atomic mass is 10.2. The summed E-state index contributed by atoms with van der Waals surface area (Å²) in [5, 5.41) is 8.66. The maximum absolute atomic E-state index is 11.1. The summed E-state index contributed by atoms with van der Waals surface area (Å²) in [5.74, 6) is 0.292. The van der Waals surface area contributed by atoms with E-state index in [1.54, 1.807) is 0 Å². The predicted molar refractivity (Wildman–Crippen MR) is 47.9 cm³/mol. The summed E-state index contributed by atoms with van der Waals surface area (Å²) in [5.41, 5.74) is 0. The SMILES string of the molecule is C#CC(=O)N(CCC)C(C)C(=O)O. The molecule has 1 N–H and O–H groups in total. The quantitative estimate of drug-likeness (QED) is 0.639. The summed E-state index contributed by atoms with van der Waals surface area (Å²) in [7, 11) is 0. The molecule has 0 aromatic carbocycles. The van der Waals surface area contributed by atoms with E-state index in [0.29, 0.717) is 13.0 Å². The zero-order valence-electron chi connectivity index (χ0n) is 7.78. The van der Waals surface area contributed by atoms with Crippen molar-refractivity contribution < 1.29 is 14.7 Å². The standard InChI is InChI=1S/C9H13NO3/c1-4-6-10(8(11)5-2)7(3)9(12)13/h2,7H,4,6H2,1,3H3,(H,12,13). The molecule has 0 fully saturated rings. The van der Waals surface area contributed by atoms with Crippen molar-refractivity contribution in [2.75, 3.05) is 6.54 Å². The lowest BCUT2D eigenvalue weighted by Crippen LogP contribution is -2.43. The van der Waals surface area contributed by atoms with E-state index in [1.807, 2.05) is 12.8 Å². The molecule has 0 spiro atoms. The van der Waals surface area contributed by atoms with Gasteiger partial charge >= 0.3 is 5.97 Å². The molecule has 0 aliphatic carbocycles. The molecule has 0 saturated heterocycles. The monoisotopic (exact) mass is 183 g/mol. The van der Waals surface area contributed by atoms with Gasteiger partial charge in [-0.1, -0.05) is 6.92 Å². The first-order chi connectivity index (χ1) is 6.04. The zero-order valence-corrected chi connectivity index (χ0v) is 7.78.